The van der Waals surface area contributed by atoms with Crippen LogP contribution in [0.3, 0.4) is 0 Å². The summed E-state index contributed by atoms with van der Waals surface area (Å²) in [5, 5.41) is 6.77. The van der Waals surface area contributed by atoms with Crippen molar-refractivity contribution in [3.63, 3.8) is 0 Å². The molecule has 0 spiro atoms. The Hall–Kier alpha value is -1.53. The van der Waals surface area contributed by atoms with Gasteiger partial charge in [-0.25, -0.2) is 0 Å². The maximum Gasteiger partial charge on any atom is 0.435 e. The predicted octanol–water partition coefficient (Wildman–Crippen LogP) is 3.71. The van der Waals surface area contributed by atoms with Gasteiger partial charge in [0.05, 0.1) is 0 Å². The quantitative estimate of drug-likeness (QED) is 0.898. The minimum absolute atomic E-state index is 0.181. The van der Waals surface area contributed by atoms with E-state index in [4.69, 9.17) is 0 Å². The van der Waals surface area contributed by atoms with E-state index >= 15 is 0 Å². The molecular weight excluding hydrogens is 331 g/mol. The Bertz CT molecular complexity index is 654. The molecule has 4 saturated carbocycles. The van der Waals surface area contributed by atoms with Gasteiger partial charge in [0.2, 0.25) is 5.91 Å². The van der Waals surface area contributed by atoms with Crippen molar-refractivity contribution in [2.45, 2.75) is 64.2 Å². The van der Waals surface area contributed by atoms with Crippen LogP contribution in [0.2, 0.25) is 0 Å². The number of amides is 1. The zero-order valence-electron chi connectivity index (χ0n) is 14.5. The molecule has 0 radical (unpaired) electrons. The van der Waals surface area contributed by atoms with Gasteiger partial charge in [-0.2, -0.15) is 18.3 Å². The minimum Gasteiger partial charge on any atom is -0.351 e. The molecule has 138 valence electrons. The van der Waals surface area contributed by atoms with Gasteiger partial charge in [-0.1, -0.05) is 0 Å². The molecule has 1 aromatic heterocycles. The zero-order chi connectivity index (χ0) is 17.9. The molecular formula is C18H24F3N3O. The molecule has 4 bridgehead atoms. The lowest BCUT2D eigenvalue weighted by Gasteiger charge is -2.54. The summed E-state index contributed by atoms with van der Waals surface area (Å²) in [6.07, 6.45) is 1.60. The first-order chi connectivity index (χ1) is 11.7. The number of hydrogen-bond donors (Lipinski definition) is 1. The summed E-state index contributed by atoms with van der Waals surface area (Å²) in [6.45, 7) is 3.17. The smallest absolute Gasteiger partial charge is 0.351 e. The van der Waals surface area contributed by atoms with E-state index in [1.165, 1.54) is 36.8 Å². The normalized spacial score (nSPS) is 35.0. The van der Waals surface area contributed by atoms with Crippen molar-refractivity contribution < 1.29 is 18.0 Å². The second kappa shape index (κ2) is 5.74. The zero-order valence-corrected chi connectivity index (χ0v) is 14.5. The molecule has 1 N–H and O–H groups in total. The summed E-state index contributed by atoms with van der Waals surface area (Å²) in [5.41, 5.74) is -0.598. The van der Waals surface area contributed by atoms with Crippen molar-refractivity contribution in [1.82, 2.24) is 15.1 Å². The van der Waals surface area contributed by atoms with Crippen molar-refractivity contribution in [1.29, 1.82) is 0 Å². The number of carbonyl (C=O) groups excluding carboxylic acids is 1. The van der Waals surface area contributed by atoms with E-state index in [0.717, 1.165) is 17.9 Å². The van der Waals surface area contributed by atoms with Crippen LogP contribution < -0.4 is 5.32 Å². The molecule has 1 aromatic rings. The summed E-state index contributed by atoms with van der Waals surface area (Å²) in [4.78, 5) is 12.7. The SMILES string of the molecule is Cc1cc(C(F)(F)F)nn1C(C)C(=O)NC1C2CC3CC(C2)CC1C3. The first-order valence-corrected chi connectivity index (χ1v) is 9.16. The van der Waals surface area contributed by atoms with Crippen LogP contribution in [0.5, 0.6) is 0 Å². The van der Waals surface area contributed by atoms with Crippen molar-refractivity contribution >= 4 is 5.91 Å². The van der Waals surface area contributed by atoms with Gasteiger partial charge in [0, 0.05) is 11.7 Å². The predicted molar refractivity (Wildman–Crippen MR) is 85.7 cm³/mol. The van der Waals surface area contributed by atoms with Crippen molar-refractivity contribution in [3.8, 4) is 0 Å². The molecule has 25 heavy (non-hydrogen) atoms. The molecule has 1 atom stereocenters. The third-order valence-electron chi connectivity index (χ3n) is 6.49. The molecule has 4 fully saturated rings. The average molecular weight is 355 g/mol. The summed E-state index contributed by atoms with van der Waals surface area (Å²) < 4.78 is 39.7. The minimum atomic E-state index is -4.49. The van der Waals surface area contributed by atoms with Crippen LogP contribution in [0, 0.1) is 30.6 Å². The lowest BCUT2D eigenvalue weighted by atomic mass is 9.54. The van der Waals surface area contributed by atoms with E-state index in [1.54, 1.807) is 13.8 Å². The van der Waals surface area contributed by atoms with E-state index in [0.29, 0.717) is 17.5 Å². The molecule has 1 unspecified atom stereocenters. The fraction of sp³-hybridized carbons (Fsp3) is 0.778. The van der Waals surface area contributed by atoms with Crippen LogP contribution in [-0.2, 0) is 11.0 Å². The van der Waals surface area contributed by atoms with Gasteiger partial charge in [0.15, 0.2) is 5.69 Å². The van der Waals surface area contributed by atoms with Crippen LogP contribution in [0.4, 0.5) is 13.2 Å². The number of rotatable bonds is 3. The molecule has 1 heterocycles. The fourth-order valence-electron chi connectivity index (χ4n) is 5.58. The Kier molecular flexibility index (Phi) is 3.88. The number of aromatic nitrogens is 2. The highest BCUT2D eigenvalue weighted by Gasteiger charge is 2.49. The van der Waals surface area contributed by atoms with Crippen LogP contribution in [0.1, 0.15) is 56.5 Å². The highest BCUT2D eigenvalue weighted by Crippen LogP contribution is 2.53. The topological polar surface area (TPSA) is 46.9 Å². The number of aryl methyl sites for hydroxylation is 1. The third-order valence-corrected chi connectivity index (χ3v) is 6.49. The first-order valence-electron chi connectivity index (χ1n) is 9.16. The molecule has 0 aromatic carbocycles. The lowest BCUT2D eigenvalue weighted by Crippen LogP contribution is -2.56. The number of halogens is 3. The number of nitrogens with zero attached hydrogens (tertiary/aromatic N) is 2. The first kappa shape index (κ1) is 16.9. The average Bonchev–Trinajstić information content (AvgIpc) is 2.91. The van der Waals surface area contributed by atoms with Crippen LogP contribution in [0.25, 0.3) is 0 Å². The highest BCUT2D eigenvalue weighted by atomic mass is 19.4. The molecule has 4 aliphatic rings. The Morgan fingerprint density at radius 2 is 1.76 bits per heavy atom. The maximum absolute atomic E-state index is 12.8. The fourth-order valence-corrected chi connectivity index (χ4v) is 5.58. The van der Waals surface area contributed by atoms with Gasteiger partial charge in [-0.3, -0.25) is 9.48 Å². The van der Waals surface area contributed by atoms with Crippen LogP contribution in [-0.4, -0.2) is 21.7 Å². The second-order valence-corrected chi connectivity index (χ2v) is 8.25. The largest absolute Gasteiger partial charge is 0.435 e. The van der Waals surface area contributed by atoms with Gasteiger partial charge < -0.3 is 5.32 Å². The Morgan fingerprint density at radius 1 is 1.20 bits per heavy atom. The van der Waals surface area contributed by atoms with Crippen molar-refractivity contribution in [2.24, 2.45) is 23.7 Å². The highest BCUT2D eigenvalue weighted by molar-refractivity contribution is 5.80. The molecule has 7 heteroatoms. The van der Waals surface area contributed by atoms with Crippen molar-refractivity contribution in [2.75, 3.05) is 0 Å². The Balaban J connectivity index is 1.47. The molecule has 4 aliphatic carbocycles. The van der Waals surface area contributed by atoms with Gasteiger partial charge >= 0.3 is 6.18 Å². The molecule has 1 amide bonds. The van der Waals surface area contributed by atoms with Crippen LogP contribution in [0.15, 0.2) is 6.07 Å². The molecule has 0 aliphatic heterocycles. The van der Waals surface area contributed by atoms with Gasteiger partial charge in [0.25, 0.3) is 0 Å². The van der Waals surface area contributed by atoms with E-state index in [-0.39, 0.29) is 11.9 Å². The molecule has 0 saturated heterocycles. The van der Waals surface area contributed by atoms with E-state index in [2.05, 4.69) is 10.4 Å². The van der Waals surface area contributed by atoms with E-state index in [9.17, 15) is 18.0 Å². The van der Waals surface area contributed by atoms with Crippen LogP contribution >= 0.6 is 0 Å². The van der Waals surface area contributed by atoms with E-state index in [1.807, 2.05) is 0 Å². The van der Waals surface area contributed by atoms with Gasteiger partial charge in [-0.15, -0.1) is 0 Å². The Labute approximate surface area is 145 Å². The second-order valence-electron chi connectivity index (χ2n) is 8.25. The number of nitrogens with one attached hydrogen (secondary N) is 1. The summed E-state index contributed by atoms with van der Waals surface area (Å²) in [6, 6.07) is 0.432. The number of hydrogen-bond acceptors (Lipinski definition) is 2. The summed E-state index contributed by atoms with van der Waals surface area (Å²) in [5.74, 6) is 2.48. The lowest BCUT2D eigenvalue weighted by molar-refractivity contribution is -0.142. The van der Waals surface area contributed by atoms with E-state index < -0.39 is 17.9 Å². The standard InChI is InChI=1S/C18H24F3N3O/c1-9-3-15(18(19,20)21)23-24(9)10(2)17(25)22-16-13-5-11-4-12(7-13)8-14(16)6-11/h3,10-14,16H,4-8H2,1-2H3,(H,22,25). The molecule has 5 rings (SSSR count). The summed E-state index contributed by atoms with van der Waals surface area (Å²) in [7, 11) is 0. The monoisotopic (exact) mass is 355 g/mol. The Morgan fingerprint density at radius 3 is 2.24 bits per heavy atom. The van der Waals surface area contributed by atoms with Gasteiger partial charge in [-0.05, 0) is 75.7 Å². The van der Waals surface area contributed by atoms with Crippen molar-refractivity contribution in [3.05, 3.63) is 17.5 Å². The number of alkyl halides is 3. The maximum atomic E-state index is 12.8. The third kappa shape index (κ3) is 2.95. The summed E-state index contributed by atoms with van der Waals surface area (Å²) >= 11 is 0. The number of carbonyl (C=O) groups is 1. The molecule has 4 nitrogen and oxygen atoms in total. The van der Waals surface area contributed by atoms with Gasteiger partial charge in [0.1, 0.15) is 6.04 Å².